The number of amides is 2. The highest BCUT2D eigenvalue weighted by molar-refractivity contribution is 6.00. The van der Waals surface area contributed by atoms with Gasteiger partial charge in [-0.2, -0.15) is 0 Å². The molecular formula is C33H43N3O6. The molecule has 2 aromatic rings. The Bertz CT molecular complexity index is 1280. The molecule has 2 saturated heterocycles. The molecule has 2 atom stereocenters. The van der Waals surface area contributed by atoms with Crippen LogP contribution in [0.5, 0.6) is 11.5 Å². The molecule has 3 aliphatic rings. The summed E-state index contributed by atoms with van der Waals surface area (Å²) in [6, 6.07) is 11.8. The second-order valence-electron chi connectivity index (χ2n) is 12.2. The first-order valence-corrected chi connectivity index (χ1v) is 15.4. The molecule has 2 heterocycles. The Balaban J connectivity index is 1.21. The number of carbonyl (C=O) groups excluding carboxylic acids is 2. The van der Waals surface area contributed by atoms with E-state index in [-0.39, 0.29) is 23.3 Å². The van der Waals surface area contributed by atoms with Gasteiger partial charge in [-0.3, -0.25) is 14.5 Å². The fourth-order valence-electron chi connectivity index (χ4n) is 6.80. The molecule has 3 N–H and O–H groups in total. The summed E-state index contributed by atoms with van der Waals surface area (Å²) in [6.45, 7) is 6.54. The number of rotatable bonds is 10. The van der Waals surface area contributed by atoms with Crippen molar-refractivity contribution in [1.29, 1.82) is 0 Å². The van der Waals surface area contributed by atoms with Crippen molar-refractivity contribution >= 4 is 17.8 Å². The normalized spacial score (nSPS) is 21.9. The van der Waals surface area contributed by atoms with Crippen molar-refractivity contribution in [3.8, 4) is 11.5 Å². The summed E-state index contributed by atoms with van der Waals surface area (Å²) in [5.74, 6) is 0.138. The van der Waals surface area contributed by atoms with Gasteiger partial charge in [0.05, 0.1) is 11.7 Å². The molecule has 2 aliphatic heterocycles. The highest BCUT2D eigenvalue weighted by Gasteiger charge is 2.55. The van der Waals surface area contributed by atoms with E-state index in [2.05, 4.69) is 17.1 Å². The number of aliphatic hydroxyl groups is 1. The van der Waals surface area contributed by atoms with E-state index < -0.39 is 23.7 Å². The van der Waals surface area contributed by atoms with Crippen LogP contribution in [0.15, 0.2) is 42.5 Å². The van der Waals surface area contributed by atoms with E-state index in [1.165, 1.54) is 6.07 Å². The first-order chi connectivity index (χ1) is 20.2. The SMILES string of the molecule is CCCCN1C(=O)[C@@H]([C@H](O)C2CCCC2)NC(=O)C12CCN(Cc1ccc(Oc3ccc(C(=O)O)cc3C)cc1)CC2. The topological polar surface area (TPSA) is 119 Å². The predicted octanol–water partition coefficient (Wildman–Crippen LogP) is 4.50. The number of ether oxygens (including phenoxy) is 1. The second kappa shape index (κ2) is 12.8. The van der Waals surface area contributed by atoms with Crippen molar-refractivity contribution < 1.29 is 29.3 Å². The van der Waals surface area contributed by atoms with Crippen LogP contribution in [-0.4, -0.2) is 75.1 Å². The summed E-state index contributed by atoms with van der Waals surface area (Å²) in [4.78, 5) is 42.7. The number of nitrogens with one attached hydrogen (secondary N) is 1. The largest absolute Gasteiger partial charge is 0.478 e. The maximum atomic E-state index is 13.8. The van der Waals surface area contributed by atoms with E-state index in [4.69, 9.17) is 4.74 Å². The molecule has 5 rings (SSSR count). The Morgan fingerprint density at radius 2 is 1.79 bits per heavy atom. The molecule has 9 heteroatoms. The predicted molar refractivity (Wildman–Crippen MR) is 158 cm³/mol. The molecular weight excluding hydrogens is 534 g/mol. The van der Waals surface area contributed by atoms with Crippen molar-refractivity contribution in [2.45, 2.75) is 89.4 Å². The lowest BCUT2D eigenvalue weighted by Gasteiger charge is -2.52. The molecule has 1 spiro atoms. The number of piperazine rings is 1. The van der Waals surface area contributed by atoms with Gasteiger partial charge in [-0.05, 0) is 86.4 Å². The number of carboxylic acid groups (broad SMARTS) is 1. The minimum absolute atomic E-state index is 0.0708. The Kier molecular flexibility index (Phi) is 9.18. The number of unbranched alkanes of at least 4 members (excludes halogenated alkanes) is 1. The van der Waals surface area contributed by atoms with Gasteiger partial charge in [-0.25, -0.2) is 4.79 Å². The lowest BCUT2D eigenvalue weighted by Crippen LogP contribution is -2.75. The van der Waals surface area contributed by atoms with Crippen molar-refractivity contribution in [2.24, 2.45) is 5.92 Å². The number of carbonyl (C=O) groups is 3. The number of aromatic carboxylic acids is 1. The molecule has 0 unspecified atom stereocenters. The van der Waals surface area contributed by atoms with Gasteiger partial charge in [0.1, 0.15) is 23.1 Å². The zero-order valence-corrected chi connectivity index (χ0v) is 24.7. The quantitative estimate of drug-likeness (QED) is 0.381. The zero-order chi connectivity index (χ0) is 29.9. The summed E-state index contributed by atoms with van der Waals surface area (Å²) < 4.78 is 5.98. The number of carboxylic acids is 1. The number of aliphatic hydroxyl groups excluding tert-OH is 1. The number of hydrogen-bond acceptors (Lipinski definition) is 6. The molecule has 3 fully saturated rings. The molecule has 0 radical (unpaired) electrons. The van der Waals surface area contributed by atoms with Gasteiger partial charge >= 0.3 is 5.97 Å². The van der Waals surface area contributed by atoms with Gasteiger partial charge < -0.3 is 25.2 Å². The second-order valence-corrected chi connectivity index (χ2v) is 12.2. The van der Waals surface area contributed by atoms with E-state index in [0.29, 0.717) is 44.0 Å². The maximum absolute atomic E-state index is 13.8. The van der Waals surface area contributed by atoms with Crippen LogP contribution in [0.1, 0.15) is 79.8 Å². The van der Waals surface area contributed by atoms with Crippen molar-refractivity contribution in [3.63, 3.8) is 0 Å². The number of aryl methyl sites for hydroxylation is 1. The van der Waals surface area contributed by atoms with Gasteiger partial charge in [-0.15, -0.1) is 0 Å². The van der Waals surface area contributed by atoms with Gasteiger partial charge in [-0.1, -0.05) is 38.3 Å². The van der Waals surface area contributed by atoms with Crippen LogP contribution in [0.25, 0.3) is 0 Å². The summed E-state index contributed by atoms with van der Waals surface area (Å²) in [5.41, 5.74) is 1.23. The van der Waals surface area contributed by atoms with E-state index in [1.54, 1.807) is 12.1 Å². The average Bonchev–Trinajstić information content (AvgIpc) is 3.53. The Morgan fingerprint density at radius 3 is 2.40 bits per heavy atom. The standard InChI is InChI=1S/C33H43N3O6/c1-3-4-17-36-30(38)28(29(37)24-7-5-6-8-24)34-32(41)33(36)15-18-35(19-16-33)21-23-9-12-26(13-10-23)42-27-14-11-25(31(39)40)20-22(27)2/h9-14,20,24,28-29,37H,3-8,15-19,21H2,1-2H3,(H,34,41)(H,39,40)/t28-,29-/m1/s1. The summed E-state index contributed by atoms with van der Waals surface area (Å²) >= 11 is 0. The molecule has 2 aromatic carbocycles. The summed E-state index contributed by atoms with van der Waals surface area (Å²) in [7, 11) is 0. The first-order valence-electron chi connectivity index (χ1n) is 15.4. The molecule has 42 heavy (non-hydrogen) atoms. The van der Waals surface area contributed by atoms with Gasteiger partial charge in [0.2, 0.25) is 11.8 Å². The van der Waals surface area contributed by atoms with Gasteiger partial charge in [0, 0.05) is 26.2 Å². The van der Waals surface area contributed by atoms with E-state index >= 15 is 0 Å². The van der Waals surface area contributed by atoms with Crippen LogP contribution in [0.4, 0.5) is 0 Å². The molecule has 9 nitrogen and oxygen atoms in total. The van der Waals surface area contributed by atoms with Crippen LogP contribution in [0, 0.1) is 12.8 Å². The van der Waals surface area contributed by atoms with Crippen molar-refractivity contribution in [3.05, 3.63) is 59.2 Å². The highest BCUT2D eigenvalue weighted by Crippen LogP contribution is 2.37. The van der Waals surface area contributed by atoms with E-state index in [0.717, 1.165) is 56.2 Å². The number of nitrogens with zero attached hydrogens (tertiary/aromatic N) is 2. The van der Waals surface area contributed by atoms with E-state index in [1.807, 2.05) is 36.1 Å². The van der Waals surface area contributed by atoms with Crippen LogP contribution in [-0.2, 0) is 16.1 Å². The van der Waals surface area contributed by atoms with Crippen molar-refractivity contribution in [2.75, 3.05) is 19.6 Å². The number of likely N-dealkylation sites (tertiary alicyclic amines) is 1. The third-order valence-corrected chi connectivity index (χ3v) is 9.38. The molecule has 2 amide bonds. The van der Waals surface area contributed by atoms with Crippen LogP contribution in [0.2, 0.25) is 0 Å². The van der Waals surface area contributed by atoms with Crippen LogP contribution < -0.4 is 10.1 Å². The van der Waals surface area contributed by atoms with Gasteiger partial charge in [0.15, 0.2) is 0 Å². The number of hydrogen-bond donors (Lipinski definition) is 3. The van der Waals surface area contributed by atoms with Crippen LogP contribution in [0.3, 0.4) is 0 Å². The molecule has 1 saturated carbocycles. The molecule has 0 bridgehead atoms. The van der Waals surface area contributed by atoms with Gasteiger partial charge in [0.25, 0.3) is 0 Å². The Labute approximate surface area is 247 Å². The highest BCUT2D eigenvalue weighted by atomic mass is 16.5. The molecule has 0 aromatic heterocycles. The monoisotopic (exact) mass is 577 g/mol. The van der Waals surface area contributed by atoms with Crippen LogP contribution >= 0.6 is 0 Å². The number of benzene rings is 2. The lowest BCUT2D eigenvalue weighted by molar-refractivity contribution is -0.165. The van der Waals surface area contributed by atoms with E-state index in [9.17, 15) is 24.6 Å². The molecule has 226 valence electrons. The maximum Gasteiger partial charge on any atom is 0.335 e. The third-order valence-electron chi connectivity index (χ3n) is 9.38. The minimum Gasteiger partial charge on any atom is -0.478 e. The number of piperidine rings is 1. The fraction of sp³-hybridized carbons (Fsp3) is 0.545. The van der Waals surface area contributed by atoms with Crippen molar-refractivity contribution in [1.82, 2.24) is 15.1 Å². The molecule has 1 aliphatic carbocycles. The summed E-state index contributed by atoms with van der Waals surface area (Å²) in [6.07, 6.45) is 5.99. The average molecular weight is 578 g/mol. The first kappa shape index (κ1) is 30.0. The lowest BCUT2D eigenvalue weighted by atomic mass is 9.80. The smallest absolute Gasteiger partial charge is 0.335 e. The fourth-order valence-corrected chi connectivity index (χ4v) is 6.80. The Morgan fingerprint density at radius 1 is 1.10 bits per heavy atom. The minimum atomic E-state index is -0.968. The zero-order valence-electron chi connectivity index (χ0n) is 24.7. The summed E-state index contributed by atoms with van der Waals surface area (Å²) in [5, 5.41) is 23.2. The third kappa shape index (κ3) is 6.17. The Hall–Kier alpha value is -3.43.